The van der Waals surface area contributed by atoms with Crippen LogP contribution in [-0.2, 0) is 0 Å². The van der Waals surface area contributed by atoms with Gasteiger partial charge in [-0.1, -0.05) is 11.8 Å². The predicted molar refractivity (Wildman–Crippen MR) is 63.3 cm³/mol. The SMILES string of the molecule is CN(CC(F)(F)F)C(=O)c1sccc1C#CCN. The van der Waals surface area contributed by atoms with Gasteiger partial charge in [0.15, 0.2) is 0 Å². The molecule has 0 radical (unpaired) electrons. The number of carbonyl (C=O) groups excluding carboxylic acids is 1. The Morgan fingerprint density at radius 3 is 2.78 bits per heavy atom. The summed E-state index contributed by atoms with van der Waals surface area (Å²) < 4.78 is 36.5. The van der Waals surface area contributed by atoms with Crippen LogP contribution in [0.3, 0.4) is 0 Å². The molecule has 98 valence electrons. The third-order valence-electron chi connectivity index (χ3n) is 1.95. The minimum atomic E-state index is -4.41. The highest BCUT2D eigenvalue weighted by Gasteiger charge is 2.32. The van der Waals surface area contributed by atoms with Gasteiger partial charge in [0.25, 0.3) is 5.91 Å². The van der Waals surface area contributed by atoms with Crippen molar-refractivity contribution in [3.63, 3.8) is 0 Å². The number of nitrogens with zero attached hydrogens (tertiary/aromatic N) is 1. The molecule has 1 rings (SSSR count). The summed E-state index contributed by atoms with van der Waals surface area (Å²) in [5, 5.41) is 1.61. The van der Waals surface area contributed by atoms with Crippen molar-refractivity contribution in [1.82, 2.24) is 4.90 Å². The molecule has 1 aromatic heterocycles. The number of halogens is 3. The highest BCUT2D eigenvalue weighted by Crippen LogP contribution is 2.21. The monoisotopic (exact) mass is 276 g/mol. The largest absolute Gasteiger partial charge is 0.406 e. The van der Waals surface area contributed by atoms with Gasteiger partial charge in [0.05, 0.1) is 6.54 Å². The summed E-state index contributed by atoms with van der Waals surface area (Å²) in [7, 11) is 1.11. The molecule has 1 heterocycles. The van der Waals surface area contributed by atoms with Gasteiger partial charge in [-0.2, -0.15) is 13.2 Å². The fourth-order valence-electron chi connectivity index (χ4n) is 1.23. The molecule has 18 heavy (non-hydrogen) atoms. The molecule has 1 aromatic rings. The van der Waals surface area contributed by atoms with E-state index < -0.39 is 18.6 Å². The summed E-state index contributed by atoms with van der Waals surface area (Å²) in [5.41, 5.74) is 5.61. The van der Waals surface area contributed by atoms with E-state index in [-0.39, 0.29) is 11.4 Å². The van der Waals surface area contributed by atoms with Crippen molar-refractivity contribution < 1.29 is 18.0 Å². The molecule has 2 N–H and O–H groups in total. The van der Waals surface area contributed by atoms with E-state index in [4.69, 9.17) is 5.73 Å². The molecule has 1 amide bonds. The molecule has 0 aliphatic heterocycles. The summed E-state index contributed by atoms with van der Waals surface area (Å²) in [6.45, 7) is -1.16. The van der Waals surface area contributed by atoms with Crippen LogP contribution in [0, 0.1) is 11.8 Å². The summed E-state index contributed by atoms with van der Waals surface area (Å²) in [4.78, 5) is 12.6. The predicted octanol–water partition coefficient (Wildman–Crippen LogP) is 1.69. The van der Waals surface area contributed by atoms with Crippen LogP contribution in [0.15, 0.2) is 11.4 Å². The fourth-order valence-corrected chi connectivity index (χ4v) is 2.08. The average Bonchev–Trinajstić information content (AvgIpc) is 2.70. The standard InChI is InChI=1S/C11H11F3N2OS/c1-16(7-11(12,13)14)10(17)9-8(3-2-5-15)4-6-18-9/h4,6H,5,7,15H2,1H3. The van der Waals surface area contributed by atoms with Gasteiger partial charge in [-0.15, -0.1) is 11.3 Å². The van der Waals surface area contributed by atoms with Crippen molar-refractivity contribution >= 4 is 17.2 Å². The molecule has 0 fully saturated rings. The van der Waals surface area contributed by atoms with Gasteiger partial charge in [0, 0.05) is 12.6 Å². The van der Waals surface area contributed by atoms with Gasteiger partial charge >= 0.3 is 6.18 Å². The maximum atomic E-state index is 12.2. The highest BCUT2D eigenvalue weighted by atomic mass is 32.1. The van der Waals surface area contributed by atoms with E-state index in [0.717, 1.165) is 18.4 Å². The van der Waals surface area contributed by atoms with Gasteiger partial charge in [0.2, 0.25) is 0 Å². The zero-order valence-electron chi connectivity index (χ0n) is 9.54. The summed E-state index contributed by atoms with van der Waals surface area (Å²) >= 11 is 1.06. The molecular formula is C11H11F3N2OS. The van der Waals surface area contributed by atoms with E-state index in [0.29, 0.717) is 10.5 Å². The van der Waals surface area contributed by atoms with Gasteiger partial charge < -0.3 is 10.6 Å². The first kappa shape index (κ1) is 14.5. The highest BCUT2D eigenvalue weighted by molar-refractivity contribution is 7.12. The van der Waals surface area contributed by atoms with Crippen LogP contribution >= 0.6 is 11.3 Å². The van der Waals surface area contributed by atoms with E-state index in [1.54, 1.807) is 11.4 Å². The quantitative estimate of drug-likeness (QED) is 0.836. The first-order valence-electron chi connectivity index (χ1n) is 4.94. The summed E-state index contributed by atoms with van der Waals surface area (Å²) in [6.07, 6.45) is -4.41. The van der Waals surface area contributed by atoms with Crippen LogP contribution in [0.1, 0.15) is 15.2 Å². The minimum absolute atomic E-state index is 0.127. The molecule has 0 aliphatic rings. The Balaban J connectivity index is 2.87. The molecule has 0 aromatic carbocycles. The zero-order valence-corrected chi connectivity index (χ0v) is 10.4. The van der Waals surface area contributed by atoms with Crippen LogP contribution in [0.5, 0.6) is 0 Å². The number of hydrogen-bond donors (Lipinski definition) is 1. The van der Waals surface area contributed by atoms with Gasteiger partial charge in [-0.3, -0.25) is 4.79 Å². The molecule has 0 saturated carbocycles. The second-order valence-electron chi connectivity index (χ2n) is 3.45. The summed E-state index contributed by atoms with van der Waals surface area (Å²) in [5.74, 6) is 4.53. The molecule has 3 nitrogen and oxygen atoms in total. The first-order chi connectivity index (χ1) is 8.35. The van der Waals surface area contributed by atoms with Crippen molar-refractivity contribution in [2.24, 2.45) is 5.73 Å². The van der Waals surface area contributed by atoms with Crippen molar-refractivity contribution in [3.8, 4) is 11.8 Å². The van der Waals surface area contributed by atoms with Crippen LogP contribution in [0.2, 0.25) is 0 Å². The normalized spacial score (nSPS) is 10.7. The third-order valence-corrected chi connectivity index (χ3v) is 2.85. The van der Waals surface area contributed by atoms with Crippen LogP contribution < -0.4 is 5.73 Å². The summed E-state index contributed by atoms with van der Waals surface area (Å²) in [6, 6.07) is 1.59. The number of rotatable bonds is 2. The minimum Gasteiger partial charge on any atom is -0.332 e. The van der Waals surface area contributed by atoms with Crippen molar-refractivity contribution in [2.45, 2.75) is 6.18 Å². The number of hydrogen-bond acceptors (Lipinski definition) is 3. The Hall–Kier alpha value is -1.52. The molecule has 0 unspecified atom stereocenters. The Bertz CT molecular complexity index is 484. The number of carbonyl (C=O) groups is 1. The first-order valence-corrected chi connectivity index (χ1v) is 5.81. The maximum absolute atomic E-state index is 12.2. The van der Waals surface area contributed by atoms with Crippen LogP contribution in [-0.4, -0.2) is 37.1 Å². The lowest BCUT2D eigenvalue weighted by molar-refractivity contribution is -0.138. The lowest BCUT2D eigenvalue weighted by atomic mass is 10.2. The van der Waals surface area contributed by atoms with Gasteiger partial charge in [0.1, 0.15) is 11.4 Å². The van der Waals surface area contributed by atoms with Crippen molar-refractivity contribution in [2.75, 3.05) is 20.1 Å². The number of amides is 1. The Kier molecular flexibility index (Phi) is 4.76. The molecule has 0 spiro atoms. The Morgan fingerprint density at radius 2 is 2.22 bits per heavy atom. The number of alkyl halides is 3. The second-order valence-corrected chi connectivity index (χ2v) is 4.36. The molecule has 0 saturated heterocycles. The van der Waals surface area contributed by atoms with E-state index in [1.165, 1.54) is 0 Å². The average molecular weight is 276 g/mol. The number of thiophene rings is 1. The van der Waals surface area contributed by atoms with Crippen LogP contribution in [0.4, 0.5) is 13.2 Å². The van der Waals surface area contributed by atoms with E-state index in [1.807, 2.05) is 0 Å². The van der Waals surface area contributed by atoms with E-state index in [9.17, 15) is 18.0 Å². The molecular weight excluding hydrogens is 265 g/mol. The number of nitrogens with two attached hydrogens (primary N) is 1. The zero-order chi connectivity index (χ0) is 13.8. The lowest BCUT2D eigenvalue weighted by Gasteiger charge is -2.18. The van der Waals surface area contributed by atoms with Crippen LogP contribution in [0.25, 0.3) is 0 Å². The molecule has 0 aliphatic carbocycles. The van der Waals surface area contributed by atoms with Crippen molar-refractivity contribution in [1.29, 1.82) is 0 Å². The molecule has 7 heteroatoms. The van der Waals surface area contributed by atoms with Gasteiger partial charge in [-0.25, -0.2) is 0 Å². The maximum Gasteiger partial charge on any atom is 0.406 e. The lowest BCUT2D eigenvalue weighted by Crippen LogP contribution is -2.35. The Morgan fingerprint density at radius 1 is 1.56 bits per heavy atom. The fraction of sp³-hybridized carbons (Fsp3) is 0.364. The third kappa shape index (κ3) is 4.05. The molecule has 0 atom stereocenters. The van der Waals surface area contributed by atoms with E-state index >= 15 is 0 Å². The van der Waals surface area contributed by atoms with E-state index in [2.05, 4.69) is 11.8 Å². The second kappa shape index (κ2) is 5.89. The smallest absolute Gasteiger partial charge is 0.332 e. The van der Waals surface area contributed by atoms with Gasteiger partial charge in [-0.05, 0) is 11.4 Å². The topological polar surface area (TPSA) is 46.3 Å². The molecule has 0 bridgehead atoms. The Labute approximate surface area is 106 Å². The van der Waals surface area contributed by atoms with Crippen molar-refractivity contribution in [3.05, 3.63) is 21.9 Å².